The van der Waals surface area contributed by atoms with Gasteiger partial charge in [0.2, 0.25) is 0 Å². The molecule has 0 atom stereocenters. The van der Waals surface area contributed by atoms with Crippen molar-refractivity contribution in [2.75, 3.05) is 13.2 Å². The molecule has 0 fully saturated rings. The Kier molecular flexibility index (Phi) is 5.26. The molecule has 0 spiro atoms. The summed E-state index contributed by atoms with van der Waals surface area (Å²) in [5, 5.41) is 18.1. The van der Waals surface area contributed by atoms with E-state index in [1.54, 1.807) is 6.07 Å². The topological polar surface area (TPSA) is 83.8 Å². The Bertz CT molecular complexity index is 505. The van der Waals surface area contributed by atoms with Crippen LogP contribution in [0, 0.1) is 0 Å². The van der Waals surface area contributed by atoms with Gasteiger partial charge in [-0.25, -0.2) is 9.59 Å². The van der Waals surface area contributed by atoms with Crippen LogP contribution in [0.3, 0.4) is 0 Å². The lowest BCUT2D eigenvalue weighted by molar-refractivity contribution is 0.0650. The highest BCUT2D eigenvalue weighted by Crippen LogP contribution is 2.16. The highest BCUT2D eigenvalue weighted by Gasteiger charge is 2.19. The van der Waals surface area contributed by atoms with Crippen molar-refractivity contribution in [1.82, 2.24) is 0 Å². The van der Waals surface area contributed by atoms with E-state index in [0.29, 0.717) is 25.2 Å². The van der Waals surface area contributed by atoms with Crippen molar-refractivity contribution in [1.29, 1.82) is 0 Å². The van der Waals surface area contributed by atoms with E-state index in [0.717, 1.165) is 5.57 Å². The molecule has 102 valence electrons. The molecule has 1 aromatic carbocycles. The highest BCUT2D eigenvalue weighted by molar-refractivity contribution is 6.02. The summed E-state index contributed by atoms with van der Waals surface area (Å²) in [4.78, 5) is 22.2. The third-order valence-corrected chi connectivity index (χ3v) is 2.46. The summed E-state index contributed by atoms with van der Waals surface area (Å²) in [5.41, 5.74) is 0.950. The van der Waals surface area contributed by atoms with Crippen LogP contribution in [0.1, 0.15) is 33.2 Å². The molecule has 19 heavy (non-hydrogen) atoms. The van der Waals surface area contributed by atoms with Gasteiger partial charge in [0, 0.05) is 0 Å². The SMILES string of the molecule is C=C(C)COCCc1cccc(C(=O)O)c1C(=O)O. The highest BCUT2D eigenvalue weighted by atomic mass is 16.5. The normalized spacial score (nSPS) is 10.2. The van der Waals surface area contributed by atoms with Gasteiger partial charge in [0.25, 0.3) is 0 Å². The number of rotatable bonds is 7. The molecule has 2 N–H and O–H groups in total. The van der Waals surface area contributed by atoms with E-state index in [2.05, 4.69) is 6.58 Å². The Balaban J connectivity index is 2.88. The summed E-state index contributed by atoms with van der Waals surface area (Å²) in [7, 11) is 0. The molecule has 0 heterocycles. The van der Waals surface area contributed by atoms with Crippen LogP contribution in [0.2, 0.25) is 0 Å². The molecule has 0 saturated heterocycles. The zero-order valence-corrected chi connectivity index (χ0v) is 10.7. The van der Waals surface area contributed by atoms with Crippen LogP contribution in [-0.2, 0) is 11.2 Å². The number of hydrogen-bond donors (Lipinski definition) is 2. The van der Waals surface area contributed by atoms with E-state index < -0.39 is 11.9 Å². The quantitative estimate of drug-likeness (QED) is 0.582. The van der Waals surface area contributed by atoms with Crippen molar-refractivity contribution in [2.45, 2.75) is 13.3 Å². The fraction of sp³-hybridized carbons (Fsp3) is 0.286. The summed E-state index contributed by atoms with van der Waals surface area (Å²) < 4.78 is 5.29. The number of carboxylic acids is 2. The summed E-state index contributed by atoms with van der Waals surface area (Å²) in [6, 6.07) is 4.41. The van der Waals surface area contributed by atoms with E-state index >= 15 is 0 Å². The van der Waals surface area contributed by atoms with Crippen molar-refractivity contribution in [3.05, 3.63) is 47.0 Å². The minimum absolute atomic E-state index is 0.172. The second kappa shape index (κ2) is 6.70. The lowest BCUT2D eigenvalue weighted by atomic mass is 9.99. The van der Waals surface area contributed by atoms with Crippen LogP contribution in [-0.4, -0.2) is 35.4 Å². The van der Waals surface area contributed by atoms with Crippen LogP contribution in [0.5, 0.6) is 0 Å². The van der Waals surface area contributed by atoms with Crippen LogP contribution in [0.25, 0.3) is 0 Å². The molecule has 0 aromatic heterocycles. The zero-order chi connectivity index (χ0) is 14.4. The first-order valence-electron chi connectivity index (χ1n) is 5.74. The first-order chi connectivity index (χ1) is 8.93. The molecule has 1 rings (SSSR count). The largest absolute Gasteiger partial charge is 0.478 e. The molecule has 5 heteroatoms. The van der Waals surface area contributed by atoms with Gasteiger partial charge in [0.1, 0.15) is 0 Å². The van der Waals surface area contributed by atoms with Crippen LogP contribution >= 0.6 is 0 Å². The summed E-state index contributed by atoms with van der Waals surface area (Å²) in [6.07, 6.45) is 0.343. The van der Waals surface area contributed by atoms with Gasteiger partial charge in [-0.1, -0.05) is 24.3 Å². The standard InChI is InChI=1S/C14H16O5/c1-9(2)8-19-7-6-10-4-3-5-11(13(15)16)12(10)14(17)18/h3-5H,1,6-8H2,2H3,(H,15,16)(H,17,18). The molecule has 0 aliphatic carbocycles. The van der Waals surface area contributed by atoms with Gasteiger partial charge < -0.3 is 14.9 Å². The molecule has 0 saturated carbocycles. The zero-order valence-electron chi connectivity index (χ0n) is 10.7. The molecule has 0 bridgehead atoms. The molecule has 0 radical (unpaired) electrons. The van der Waals surface area contributed by atoms with Crippen molar-refractivity contribution in [3.8, 4) is 0 Å². The van der Waals surface area contributed by atoms with Gasteiger partial charge in [0.05, 0.1) is 24.3 Å². The lowest BCUT2D eigenvalue weighted by Crippen LogP contribution is -2.13. The predicted octanol–water partition coefficient (Wildman–Crippen LogP) is 2.22. The fourth-order valence-electron chi connectivity index (χ4n) is 1.67. The smallest absolute Gasteiger partial charge is 0.336 e. The van der Waals surface area contributed by atoms with Gasteiger partial charge in [-0.05, 0) is 25.0 Å². The summed E-state index contributed by atoms with van der Waals surface area (Å²) in [6.45, 7) is 6.23. The van der Waals surface area contributed by atoms with E-state index in [9.17, 15) is 9.59 Å². The minimum Gasteiger partial charge on any atom is -0.478 e. The molecule has 0 amide bonds. The third-order valence-electron chi connectivity index (χ3n) is 2.46. The first kappa shape index (κ1) is 14.9. The van der Waals surface area contributed by atoms with Crippen molar-refractivity contribution < 1.29 is 24.5 Å². The second-order valence-corrected chi connectivity index (χ2v) is 4.21. The van der Waals surface area contributed by atoms with E-state index in [1.165, 1.54) is 12.1 Å². The number of hydrogen-bond acceptors (Lipinski definition) is 3. The minimum atomic E-state index is -1.25. The Morgan fingerprint density at radius 3 is 2.47 bits per heavy atom. The van der Waals surface area contributed by atoms with Crippen LogP contribution < -0.4 is 0 Å². The van der Waals surface area contributed by atoms with Crippen LogP contribution in [0.15, 0.2) is 30.4 Å². The molecule has 0 aliphatic heterocycles. The van der Waals surface area contributed by atoms with Gasteiger partial charge >= 0.3 is 11.9 Å². The lowest BCUT2D eigenvalue weighted by Gasteiger charge is -2.09. The summed E-state index contributed by atoms with van der Waals surface area (Å²) >= 11 is 0. The Labute approximate surface area is 111 Å². The van der Waals surface area contributed by atoms with Gasteiger partial charge in [-0.3, -0.25) is 0 Å². The van der Waals surface area contributed by atoms with Gasteiger partial charge in [-0.2, -0.15) is 0 Å². The molecule has 1 aromatic rings. The van der Waals surface area contributed by atoms with Gasteiger partial charge in [0.15, 0.2) is 0 Å². The Morgan fingerprint density at radius 1 is 1.26 bits per heavy atom. The number of benzene rings is 1. The maximum Gasteiger partial charge on any atom is 0.336 e. The number of aromatic carboxylic acids is 2. The first-order valence-corrected chi connectivity index (χ1v) is 5.74. The van der Waals surface area contributed by atoms with Crippen LogP contribution in [0.4, 0.5) is 0 Å². The van der Waals surface area contributed by atoms with E-state index in [1.807, 2.05) is 6.92 Å². The second-order valence-electron chi connectivity index (χ2n) is 4.21. The van der Waals surface area contributed by atoms with Crippen molar-refractivity contribution in [3.63, 3.8) is 0 Å². The average molecular weight is 264 g/mol. The summed E-state index contributed by atoms with van der Waals surface area (Å²) in [5.74, 6) is -2.49. The molecule has 5 nitrogen and oxygen atoms in total. The number of carbonyl (C=O) groups is 2. The van der Waals surface area contributed by atoms with Gasteiger partial charge in [-0.15, -0.1) is 0 Å². The maximum absolute atomic E-state index is 11.2. The monoisotopic (exact) mass is 264 g/mol. The van der Waals surface area contributed by atoms with E-state index in [4.69, 9.17) is 14.9 Å². The van der Waals surface area contributed by atoms with Crippen molar-refractivity contribution >= 4 is 11.9 Å². The molecular formula is C14H16O5. The molecule has 0 aliphatic rings. The van der Waals surface area contributed by atoms with Crippen molar-refractivity contribution in [2.24, 2.45) is 0 Å². The third kappa shape index (κ3) is 4.22. The average Bonchev–Trinajstić information content (AvgIpc) is 2.33. The van der Waals surface area contributed by atoms with E-state index in [-0.39, 0.29) is 11.1 Å². The molecule has 0 unspecified atom stereocenters. The number of ether oxygens (including phenoxy) is 1. The predicted molar refractivity (Wildman–Crippen MR) is 69.7 cm³/mol. The fourth-order valence-corrected chi connectivity index (χ4v) is 1.67. The Hall–Kier alpha value is -2.14. The maximum atomic E-state index is 11.2. The number of carboxylic acid groups (broad SMARTS) is 2. The molecular weight excluding hydrogens is 248 g/mol. The Morgan fingerprint density at radius 2 is 1.95 bits per heavy atom.